The number of amides is 8. The van der Waals surface area contributed by atoms with Crippen LogP contribution in [0.4, 0.5) is 53.3 Å². The molecule has 0 aliphatic heterocycles. The van der Waals surface area contributed by atoms with Crippen molar-refractivity contribution in [3.8, 4) is 0 Å². The van der Waals surface area contributed by atoms with Crippen LogP contribution in [0.3, 0.4) is 0 Å². The molecule has 0 radical (unpaired) electrons. The summed E-state index contributed by atoms with van der Waals surface area (Å²) < 4.78 is 55.3. The fourth-order valence-electron chi connectivity index (χ4n) is 5.32. The molecule has 0 aliphatic carbocycles. The van der Waals surface area contributed by atoms with Gasteiger partial charge in [-0.25, -0.2) is 45.5 Å². The molecule has 0 heterocycles. The Bertz CT molecular complexity index is 2560. The highest BCUT2D eigenvalue weighted by Crippen LogP contribution is 2.30. The number of carbonyl (C=O) groups excluding carboxylic acids is 4. The first-order valence-electron chi connectivity index (χ1n) is 18.1. The number of benzene rings is 6. The van der Waals surface area contributed by atoms with E-state index in [1.807, 2.05) is 47.6 Å². The lowest BCUT2D eigenvalue weighted by atomic mass is 10.2. The van der Waals surface area contributed by atoms with Crippen molar-refractivity contribution in [1.82, 2.24) is 9.44 Å². The smallest absolute Gasteiger partial charge is 0.308 e. The van der Waals surface area contributed by atoms with E-state index in [4.69, 9.17) is 0 Å². The van der Waals surface area contributed by atoms with Gasteiger partial charge in [0.2, 0.25) is 0 Å². The van der Waals surface area contributed by atoms with Gasteiger partial charge in [-0.15, -0.1) is 0 Å². The normalized spacial score (nSPS) is 11.0. The summed E-state index contributed by atoms with van der Waals surface area (Å²) in [5.74, 6) is 0. The van der Waals surface area contributed by atoms with E-state index in [0.717, 1.165) is 20.9 Å². The minimum absolute atomic E-state index is 0.191. The zero-order chi connectivity index (χ0) is 43.6. The number of carbonyl (C=O) groups is 4. The third-order valence-corrected chi connectivity index (χ3v) is 12.1. The van der Waals surface area contributed by atoms with Gasteiger partial charge >= 0.3 is 24.1 Å². The van der Waals surface area contributed by atoms with Crippen molar-refractivity contribution in [1.29, 1.82) is 0 Å². The summed E-state index contributed by atoms with van der Waals surface area (Å²) in [7, 11) is -8.48. The lowest BCUT2D eigenvalue weighted by Crippen LogP contribution is -2.34. The van der Waals surface area contributed by atoms with Crippen LogP contribution in [0.25, 0.3) is 0 Å². The highest BCUT2D eigenvalue weighted by atomic mass is 32.2. The van der Waals surface area contributed by atoms with Crippen molar-refractivity contribution in [3.05, 3.63) is 157 Å². The first-order valence-corrected chi connectivity index (χ1v) is 21.9. The van der Waals surface area contributed by atoms with Crippen LogP contribution < -0.4 is 41.3 Å². The molecular weight excluding hydrogens is 841 g/mol. The summed E-state index contributed by atoms with van der Waals surface area (Å²) >= 11 is 1.36. The predicted molar refractivity (Wildman–Crippen MR) is 236 cm³/mol. The summed E-state index contributed by atoms with van der Waals surface area (Å²) in [6.45, 7) is 3.85. The summed E-state index contributed by atoms with van der Waals surface area (Å²) in [5.41, 5.74) is 4.59. The van der Waals surface area contributed by atoms with Crippen LogP contribution in [0.5, 0.6) is 0 Å². The van der Waals surface area contributed by atoms with Crippen LogP contribution in [0.1, 0.15) is 11.1 Å². The molecule has 0 fully saturated rings. The molecule has 312 valence electrons. The molecule has 16 nitrogen and oxygen atoms in total. The molecule has 0 saturated heterocycles. The number of urea groups is 4. The topological polar surface area (TPSA) is 233 Å². The Morgan fingerprint density at radius 1 is 0.344 bits per heavy atom. The fraction of sp³-hybridized carbons (Fsp3) is 0.0476. The lowest BCUT2D eigenvalue weighted by Gasteiger charge is -2.11. The van der Waals surface area contributed by atoms with Crippen LogP contribution in [0.15, 0.2) is 165 Å². The summed E-state index contributed by atoms with van der Waals surface area (Å²) in [6, 6.07) is 35.2. The molecule has 61 heavy (non-hydrogen) atoms. The van der Waals surface area contributed by atoms with Gasteiger partial charge in [-0.1, -0.05) is 47.2 Å². The Balaban J connectivity index is 0.930. The maximum atomic E-state index is 12.8. The van der Waals surface area contributed by atoms with Gasteiger partial charge in [0.25, 0.3) is 20.0 Å². The van der Waals surface area contributed by atoms with Crippen molar-refractivity contribution >= 4 is 90.1 Å². The number of hydrogen-bond donors (Lipinski definition) is 8. The van der Waals surface area contributed by atoms with E-state index in [0.29, 0.717) is 34.1 Å². The summed E-state index contributed by atoms with van der Waals surface area (Å²) in [5, 5.41) is 15.6. The van der Waals surface area contributed by atoms with Crippen molar-refractivity contribution < 1.29 is 36.0 Å². The molecule has 0 spiro atoms. The molecule has 0 unspecified atom stereocenters. The van der Waals surface area contributed by atoms with Gasteiger partial charge in [-0.3, -0.25) is 0 Å². The predicted octanol–water partition coefficient (Wildman–Crippen LogP) is 8.76. The van der Waals surface area contributed by atoms with E-state index in [9.17, 15) is 36.0 Å². The van der Waals surface area contributed by atoms with E-state index in [1.54, 1.807) is 72.8 Å². The van der Waals surface area contributed by atoms with E-state index >= 15 is 0 Å². The number of nitrogens with one attached hydrogen (secondary N) is 8. The number of sulfonamides is 2. The van der Waals surface area contributed by atoms with E-state index in [1.165, 1.54) is 60.3 Å². The number of hydrogen-bond acceptors (Lipinski definition) is 9. The van der Waals surface area contributed by atoms with Gasteiger partial charge in [-0.2, -0.15) is 0 Å². The van der Waals surface area contributed by atoms with Gasteiger partial charge in [0.15, 0.2) is 0 Å². The quantitative estimate of drug-likeness (QED) is 0.0586. The van der Waals surface area contributed by atoms with Crippen LogP contribution >= 0.6 is 11.8 Å². The van der Waals surface area contributed by atoms with Crippen molar-refractivity contribution in [2.75, 3.05) is 31.9 Å². The van der Waals surface area contributed by atoms with Crippen LogP contribution in [0.2, 0.25) is 0 Å². The zero-order valence-electron chi connectivity index (χ0n) is 32.3. The maximum absolute atomic E-state index is 12.8. The van der Waals surface area contributed by atoms with Crippen LogP contribution in [-0.2, 0) is 20.0 Å². The largest absolute Gasteiger partial charge is 0.333 e. The maximum Gasteiger partial charge on any atom is 0.333 e. The minimum atomic E-state index is -4.24. The molecule has 6 aromatic carbocycles. The van der Waals surface area contributed by atoms with Crippen LogP contribution in [0, 0.1) is 13.8 Å². The second kappa shape index (κ2) is 19.1. The SMILES string of the molecule is Cc1ccc(NC(=O)Nc2ccc(S(=O)(=O)NC(=O)Nc3ccc(Sc4ccc(NC(=O)NS(=O)(=O)c5ccc(NC(=O)Nc6ccc(C)cc6)cc5)cc4)cc3)cc2)cc1. The lowest BCUT2D eigenvalue weighted by molar-refractivity contribution is 0.255. The highest BCUT2D eigenvalue weighted by molar-refractivity contribution is 7.99. The fourth-order valence-corrected chi connectivity index (χ4v) is 7.95. The Morgan fingerprint density at radius 3 is 0.852 bits per heavy atom. The zero-order valence-corrected chi connectivity index (χ0v) is 34.8. The molecule has 0 aliphatic rings. The van der Waals surface area contributed by atoms with E-state index < -0.39 is 44.2 Å². The van der Waals surface area contributed by atoms with Crippen LogP contribution in [-0.4, -0.2) is 41.0 Å². The van der Waals surface area contributed by atoms with Gasteiger partial charge in [0.1, 0.15) is 0 Å². The molecule has 8 amide bonds. The molecule has 19 heteroatoms. The minimum Gasteiger partial charge on any atom is -0.308 e. The average molecular weight is 879 g/mol. The number of aryl methyl sites for hydroxylation is 2. The number of anilines is 6. The summed E-state index contributed by atoms with van der Waals surface area (Å²) in [4.78, 5) is 51.0. The van der Waals surface area contributed by atoms with Gasteiger partial charge in [0, 0.05) is 43.9 Å². The molecule has 6 rings (SSSR count). The molecule has 0 bridgehead atoms. The van der Waals surface area contributed by atoms with E-state index in [-0.39, 0.29) is 9.79 Å². The third kappa shape index (κ3) is 12.8. The Morgan fingerprint density at radius 2 is 0.574 bits per heavy atom. The summed E-state index contributed by atoms with van der Waals surface area (Å²) in [6.07, 6.45) is 0. The second-order valence-electron chi connectivity index (χ2n) is 13.2. The second-order valence-corrected chi connectivity index (χ2v) is 17.7. The van der Waals surface area contributed by atoms with Gasteiger partial charge in [-0.05, 0) is 135 Å². The Kier molecular flexibility index (Phi) is 13.6. The molecular formula is C42H38N8O8S3. The Hall–Kier alpha value is -7.35. The Labute approximate surface area is 356 Å². The average Bonchev–Trinajstić information content (AvgIpc) is 3.21. The first-order chi connectivity index (χ1) is 29.1. The number of rotatable bonds is 12. The standard InChI is InChI=1S/C42H38N8O8S3/c1-27-3-7-29(8-4-27)43-39(51)45-33-15-23-37(24-16-33)60(55,56)49-41(53)47-31-11-19-35(20-12-31)59-36-21-13-32(14-22-36)48-42(54)50-61(57,58)38-25-17-34(18-26-38)46-40(52)44-30-9-5-28(2)6-10-30/h3-26H,1-2H3,(H2,43,45,51)(H2,44,46,52)(H2,47,49,53)(H2,48,50,54). The molecule has 0 saturated carbocycles. The highest BCUT2D eigenvalue weighted by Gasteiger charge is 2.20. The first kappa shape index (κ1) is 43.2. The van der Waals surface area contributed by atoms with E-state index in [2.05, 4.69) is 31.9 Å². The monoisotopic (exact) mass is 878 g/mol. The third-order valence-electron chi connectivity index (χ3n) is 8.38. The van der Waals surface area contributed by atoms with Crippen molar-refractivity contribution in [2.24, 2.45) is 0 Å². The molecule has 8 N–H and O–H groups in total. The van der Waals surface area contributed by atoms with Gasteiger partial charge in [0.05, 0.1) is 9.79 Å². The molecule has 6 aromatic rings. The molecule has 0 atom stereocenters. The van der Waals surface area contributed by atoms with Gasteiger partial charge < -0.3 is 31.9 Å². The van der Waals surface area contributed by atoms with Crippen molar-refractivity contribution in [3.63, 3.8) is 0 Å². The molecule has 0 aromatic heterocycles. The van der Waals surface area contributed by atoms with Crippen molar-refractivity contribution in [2.45, 2.75) is 33.4 Å².